The van der Waals surface area contributed by atoms with Gasteiger partial charge >= 0.3 is 6.03 Å². The Labute approximate surface area is 222 Å². The van der Waals surface area contributed by atoms with Crippen LogP contribution in [0.15, 0.2) is 61.2 Å². The average molecular weight is 518 g/mol. The van der Waals surface area contributed by atoms with Crippen LogP contribution in [-0.2, 0) is 0 Å². The molecule has 0 atom stereocenters. The van der Waals surface area contributed by atoms with Crippen molar-refractivity contribution in [3.05, 3.63) is 66.7 Å². The molecular formula is C28H35N7O3. The molecule has 2 amide bonds. The Balaban J connectivity index is 1.65. The van der Waals surface area contributed by atoms with Crippen LogP contribution < -0.4 is 15.5 Å². The van der Waals surface area contributed by atoms with Crippen LogP contribution in [-0.4, -0.2) is 56.6 Å². The number of hydrogen-bond acceptors (Lipinski definition) is 6. The minimum Gasteiger partial charge on any atom is -0.396 e. The molecule has 200 valence electrons. The molecule has 4 aromatic rings. The van der Waals surface area contributed by atoms with E-state index in [1.807, 2.05) is 64.1 Å². The molecular weight excluding hydrogens is 482 g/mol. The summed E-state index contributed by atoms with van der Waals surface area (Å²) in [5, 5.41) is 20.5. The van der Waals surface area contributed by atoms with Crippen LogP contribution in [0.1, 0.15) is 50.5 Å². The maximum atomic E-state index is 12.8. The fourth-order valence-electron chi connectivity index (χ4n) is 4.08. The lowest BCUT2D eigenvalue weighted by Crippen LogP contribution is -2.26. The standard InChI is InChI=1S/C28H35N7O3/c1-19(2)35-17-21(16-31-35)26(37)32-25-15-23(8-11-30-25)33(13-10-28(3,4)18-36)22-6-7-24-20(14-22)9-12-34(24)27(38)29-5/h6-9,11-12,14-17,19,36H,10,13,18H2,1-5H3,(H,29,38)(H,30,32,37). The van der Waals surface area contributed by atoms with E-state index in [4.69, 9.17) is 0 Å². The van der Waals surface area contributed by atoms with E-state index in [0.29, 0.717) is 17.9 Å². The van der Waals surface area contributed by atoms with Crippen LogP contribution >= 0.6 is 0 Å². The van der Waals surface area contributed by atoms with Gasteiger partial charge in [0.1, 0.15) is 5.82 Å². The predicted molar refractivity (Wildman–Crippen MR) is 149 cm³/mol. The summed E-state index contributed by atoms with van der Waals surface area (Å²) >= 11 is 0. The van der Waals surface area contributed by atoms with Gasteiger partial charge in [0.05, 0.1) is 17.3 Å². The van der Waals surface area contributed by atoms with Crippen molar-refractivity contribution in [3.63, 3.8) is 0 Å². The average Bonchev–Trinajstić information content (AvgIpc) is 3.56. The highest BCUT2D eigenvalue weighted by Crippen LogP contribution is 2.32. The first kappa shape index (κ1) is 26.9. The first-order valence-corrected chi connectivity index (χ1v) is 12.6. The van der Waals surface area contributed by atoms with Crippen molar-refractivity contribution in [2.45, 2.75) is 40.2 Å². The number of anilines is 3. The Morgan fingerprint density at radius 1 is 1.13 bits per heavy atom. The van der Waals surface area contributed by atoms with Crippen molar-refractivity contribution >= 4 is 40.0 Å². The number of carbonyl (C=O) groups is 2. The van der Waals surface area contributed by atoms with E-state index in [9.17, 15) is 14.7 Å². The van der Waals surface area contributed by atoms with E-state index < -0.39 is 0 Å². The van der Waals surface area contributed by atoms with Gasteiger partial charge in [-0.25, -0.2) is 9.78 Å². The second-order valence-electron chi connectivity index (χ2n) is 10.4. The zero-order chi connectivity index (χ0) is 27.4. The SMILES string of the molecule is CNC(=O)n1ccc2cc(N(CCC(C)(C)CO)c3ccnc(NC(=O)c4cnn(C(C)C)c4)c3)ccc21. The number of hydrogen-bond donors (Lipinski definition) is 3. The third-order valence-corrected chi connectivity index (χ3v) is 6.55. The molecule has 0 radical (unpaired) electrons. The smallest absolute Gasteiger partial charge is 0.325 e. The molecule has 0 saturated carbocycles. The maximum absolute atomic E-state index is 12.8. The van der Waals surface area contributed by atoms with Gasteiger partial charge < -0.3 is 20.6 Å². The molecule has 0 unspecified atom stereocenters. The van der Waals surface area contributed by atoms with Crippen molar-refractivity contribution in [2.24, 2.45) is 5.41 Å². The van der Waals surface area contributed by atoms with E-state index in [-0.39, 0.29) is 30.0 Å². The summed E-state index contributed by atoms with van der Waals surface area (Å²) in [6.07, 6.45) is 7.39. The summed E-state index contributed by atoms with van der Waals surface area (Å²) in [6, 6.07) is 11.5. The summed E-state index contributed by atoms with van der Waals surface area (Å²) in [4.78, 5) is 31.5. The number of nitrogens with one attached hydrogen (secondary N) is 2. The number of aromatic nitrogens is 4. The maximum Gasteiger partial charge on any atom is 0.325 e. The lowest BCUT2D eigenvalue weighted by atomic mass is 9.90. The fourth-order valence-corrected chi connectivity index (χ4v) is 4.08. The summed E-state index contributed by atoms with van der Waals surface area (Å²) in [6.45, 7) is 8.72. The molecule has 0 bridgehead atoms. The molecule has 10 heteroatoms. The predicted octanol–water partition coefficient (Wildman–Crippen LogP) is 4.80. The summed E-state index contributed by atoms with van der Waals surface area (Å²) in [5.41, 5.74) is 2.74. The highest BCUT2D eigenvalue weighted by atomic mass is 16.3. The first-order valence-electron chi connectivity index (χ1n) is 12.6. The zero-order valence-electron chi connectivity index (χ0n) is 22.5. The number of rotatable bonds is 9. The molecule has 10 nitrogen and oxygen atoms in total. The van der Waals surface area contributed by atoms with Gasteiger partial charge in [0.15, 0.2) is 0 Å². The van der Waals surface area contributed by atoms with Gasteiger partial charge in [-0.15, -0.1) is 0 Å². The molecule has 0 spiro atoms. The van der Waals surface area contributed by atoms with E-state index in [2.05, 4.69) is 25.6 Å². The van der Waals surface area contributed by atoms with Crippen molar-refractivity contribution < 1.29 is 14.7 Å². The molecule has 4 rings (SSSR count). The molecule has 3 aromatic heterocycles. The van der Waals surface area contributed by atoms with Crippen LogP contribution in [0.5, 0.6) is 0 Å². The molecule has 0 aliphatic heterocycles. The van der Waals surface area contributed by atoms with Gasteiger partial charge in [-0.2, -0.15) is 5.10 Å². The normalized spacial score (nSPS) is 11.7. The Morgan fingerprint density at radius 3 is 2.58 bits per heavy atom. The number of amides is 2. The van der Waals surface area contributed by atoms with Gasteiger partial charge in [0.2, 0.25) is 0 Å². The zero-order valence-corrected chi connectivity index (χ0v) is 22.5. The van der Waals surface area contributed by atoms with E-state index in [0.717, 1.165) is 28.7 Å². The van der Waals surface area contributed by atoms with Crippen LogP contribution in [0.3, 0.4) is 0 Å². The molecule has 38 heavy (non-hydrogen) atoms. The monoisotopic (exact) mass is 517 g/mol. The van der Waals surface area contributed by atoms with Gasteiger partial charge in [-0.1, -0.05) is 13.8 Å². The second-order valence-corrected chi connectivity index (χ2v) is 10.4. The minimum absolute atomic E-state index is 0.0660. The quantitative estimate of drug-likeness (QED) is 0.294. The molecule has 1 aromatic carbocycles. The Morgan fingerprint density at radius 2 is 1.89 bits per heavy atom. The molecule has 0 fully saturated rings. The molecule has 3 heterocycles. The topological polar surface area (TPSA) is 117 Å². The lowest BCUT2D eigenvalue weighted by Gasteiger charge is -2.30. The van der Waals surface area contributed by atoms with E-state index in [1.165, 1.54) is 0 Å². The third-order valence-electron chi connectivity index (χ3n) is 6.55. The number of carbonyl (C=O) groups excluding carboxylic acids is 2. The van der Waals surface area contributed by atoms with Crippen LogP contribution in [0.4, 0.5) is 22.0 Å². The van der Waals surface area contributed by atoms with Crippen molar-refractivity contribution in [1.82, 2.24) is 24.6 Å². The van der Waals surface area contributed by atoms with E-state index >= 15 is 0 Å². The Hall–Kier alpha value is -4.18. The molecule has 0 saturated heterocycles. The lowest BCUT2D eigenvalue weighted by molar-refractivity contribution is 0.102. The van der Waals surface area contributed by atoms with Gasteiger partial charge in [0.25, 0.3) is 5.91 Å². The third kappa shape index (κ3) is 5.86. The highest BCUT2D eigenvalue weighted by Gasteiger charge is 2.21. The van der Waals surface area contributed by atoms with Crippen LogP contribution in [0.25, 0.3) is 10.9 Å². The van der Waals surface area contributed by atoms with Crippen molar-refractivity contribution in [1.29, 1.82) is 0 Å². The van der Waals surface area contributed by atoms with Gasteiger partial charge in [-0.3, -0.25) is 14.0 Å². The number of fused-ring (bicyclic) bond motifs is 1. The summed E-state index contributed by atoms with van der Waals surface area (Å²) < 4.78 is 3.30. The van der Waals surface area contributed by atoms with E-state index in [1.54, 1.807) is 41.1 Å². The molecule has 0 aliphatic rings. The fraction of sp³-hybridized carbons (Fsp3) is 0.357. The number of pyridine rings is 1. The number of benzene rings is 1. The molecule has 0 aliphatic carbocycles. The summed E-state index contributed by atoms with van der Waals surface area (Å²) in [7, 11) is 1.60. The highest BCUT2D eigenvalue weighted by molar-refractivity contribution is 6.03. The van der Waals surface area contributed by atoms with Crippen LogP contribution in [0, 0.1) is 5.41 Å². The largest absolute Gasteiger partial charge is 0.396 e. The summed E-state index contributed by atoms with van der Waals surface area (Å²) in [5.74, 6) is 0.134. The number of aliphatic hydroxyl groups is 1. The number of aliphatic hydroxyl groups excluding tert-OH is 1. The second kappa shape index (κ2) is 11.1. The first-order chi connectivity index (χ1) is 18.1. The van der Waals surface area contributed by atoms with Gasteiger partial charge in [-0.05, 0) is 56.0 Å². The number of nitrogens with zero attached hydrogens (tertiary/aromatic N) is 5. The van der Waals surface area contributed by atoms with Crippen LogP contribution in [0.2, 0.25) is 0 Å². The van der Waals surface area contributed by atoms with Crippen molar-refractivity contribution in [3.8, 4) is 0 Å². The minimum atomic E-state index is -0.286. The Kier molecular flexibility index (Phi) is 7.82. The molecule has 3 N–H and O–H groups in total. The van der Waals surface area contributed by atoms with Crippen molar-refractivity contribution in [2.75, 3.05) is 30.4 Å². The van der Waals surface area contributed by atoms with Gasteiger partial charge in [0, 0.05) is 67.7 Å². The Bertz CT molecular complexity index is 1440.